The average Bonchev–Trinajstić information content (AvgIpc) is 3.67. The number of phenolic OH excluding ortho intramolecular Hbond substituents is 1. The van der Waals surface area contributed by atoms with Gasteiger partial charge in [0.15, 0.2) is 29.0 Å². The maximum absolute atomic E-state index is 12.6. The second kappa shape index (κ2) is 15.3. The van der Waals surface area contributed by atoms with Crippen LogP contribution in [0.3, 0.4) is 0 Å². The smallest absolute Gasteiger partial charge is 0.413 e. The summed E-state index contributed by atoms with van der Waals surface area (Å²) in [4.78, 5) is 39.8. The van der Waals surface area contributed by atoms with Crippen LogP contribution in [-0.2, 0) is 33.4 Å². The van der Waals surface area contributed by atoms with Crippen LogP contribution in [0.2, 0.25) is 0 Å². The van der Waals surface area contributed by atoms with Gasteiger partial charge in [-0.15, -0.1) is 0 Å². The van der Waals surface area contributed by atoms with Gasteiger partial charge in [0, 0.05) is 0 Å². The number of fused-ring (bicyclic) bond motifs is 2. The Kier molecular flexibility index (Phi) is 11.8. The van der Waals surface area contributed by atoms with E-state index in [1.807, 2.05) is 0 Å². The molecule has 18 heteroatoms. The standard InChI is InChI=1S/C25H30N6O10S.C6H15N/c1-24(2,3)41-23(34)29-19-16-20(27-11-26-19)31(12-28-16)22-18-17(39-25(4,5)40-18)15(38-22)10-37-42(35,36)30-21(33)13-8-6-7-9-14(13)32;1-4-7(5-2)6-3/h6-9,11-12,15,17-18,22,32H,10H2,1-5H3,(H,30,33)(H,26,27,29,34);4-6H2,1-3H3/t15-,17-,18-,22-;/m1./s1. The largest absolute Gasteiger partial charge is 0.507 e. The number of ether oxygens (including phenoxy) is 4. The number of aromatic hydroxyl groups is 1. The molecule has 0 bridgehead atoms. The molecule has 2 aromatic heterocycles. The molecule has 2 amide bonds. The highest BCUT2D eigenvalue weighted by molar-refractivity contribution is 7.85. The van der Waals surface area contributed by atoms with Gasteiger partial charge in [0.1, 0.15) is 36.0 Å². The zero-order chi connectivity index (χ0) is 36.1. The van der Waals surface area contributed by atoms with Gasteiger partial charge < -0.3 is 29.0 Å². The maximum atomic E-state index is 12.6. The highest BCUT2D eigenvalue weighted by Gasteiger charge is 2.56. The van der Waals surface area contributed by atoms with Crippen LogP contribution < -0.4 is 10.0 Å². The quantitative estimate of drug-likeness (QED) is 0.277. The van der Waals surface area contributed by atoms with Gasteiger partial charge in [0.25, 0.3) is 5.91 Å². The summed E-state index contributed by atoms with van der Waals surface area (Å²) < 4.78 is 57.0. The number of carbonyl (C=O) groups is 2. The van der Waals surface area contributed by atoms with E-state index >= 15 is 0 Å². The second-order valence-corrected chi connectivity index (χ2v) is 14.0. The monoisotopic (exact) mass is 707 g/mol. The van der Waals surface area contributed by atoms with Gasteiger partial charge >= 0.3 is 16.4 Å². The van der Waals surface area contributed by atoms with E-state index in [0.717, 1.165) is 0 Å². The van der Waals surface area contributed by atoms with Crippen molar-refractivity contribution in [3.63, 3.8) is 0 Å². The predicted molar refractivity (Wildman–Crippen MR) is 177 cm³/mol. The lowest BCUT2D eigenvalue weighted by Gasteiger charge is -2.24. The van der Waals surface area contributed by atoms with Crippen molar-refractivity contribution in [3.8, 4) is 5.75 Å². The van der Waals surface area contributed by atoms with Gasteiger partial charge in [-0.1, -0.05) is 32.9 Å². The van der Waals surface area contributed by atoms with Crippen molar-refractivity contribution in [2.45, 2.75) is 91.3 Å². The number of nitrogens with zero attached hydrogens (tertiary/aromatic N) is 5. The number of hydrogen-bond donors (Lipinski definition) is 3. The van der Waals surface area contributed by atoms with Crippen molar-refractivity contribution in [3.05, 3.63) is 42.5 Å². The van der Waals surface area contributed by atoms with Crippen LogP contribution in [0.15, 0.2) is 36.9 Å². The number of hydrogen-bond acceptors (Lipinski definition) is 14. The normalized spacial score (nSPS) is 21.6. The summed E-state index contributed by atoms with van der Waals surface area (Å²) >= 11 is 0. The van der Waals surface area contributed by atoms with E-state index in [-0.39, 0.29) is 22.5 Å². The Morgan fingerprint density at radius 3 is 2.31 bits per heavy atom. The maximum Gasteiger partial charge on any atom is 0.413 e. The molecule has 0 aliphatic carbocycles. The first-order valence-electron chi connectivity index (χ1n) is 15.9. The Bertz CT molecular complexity index is 1720. The van der Waals surface area contributed by atoms with Crippen molar-refractivity contribution >= 4 is 39.3 Å². The number of benzene rings is 1. The Morgan fingerprint density at radius 2 is 1.69 bits per heavy atom. The fourth-order valence-corrected chi connectivity index (χ4v) is 5.95. The zero-order valence-corrected chi connectivity index (χ0v) is 29.7. The highest BCUT2D eigenvalue weighted by atomic mass is 32.2. The van der Waals surface area contributed by atoms with Crippen LogP contribution in [0, 0.1) is 0 Å². The number of nitrogens with one attached hydrogen (secondary N) is 2. The summed E-state index contributed by atoms with van der Waals surface area (Å²) in [6.45, 7) is 18.2. The predicted octanol–water partition coefficient (Wildman–Crippen LogP) is 3.34. The van der Waals surface area contributed by atoms with E-state index in [4.69, 9.17) is 23.1 Å². The first-order chi connectivity index (χ1) is 23.0. The number of anilines is 1. The lowest BCUT2D eigenvalue weighted by molar-refractivity contribution is -0.198. The van der Waals surface area contributed by atoms with Crippen molar-refractivity contribution in [1.82, 2.24) is 29.1 Å². The molecule has 2 aliphatic heterocycles. The molecule has 1 aromatic carbocycles. The number of amides is 2. The second-order valence-electron chi connectivity index (χ2n) is 12.6. The topological polar surface area (TPSA) is 206 Å². The van der Waals surface area contributed by atoms with Gasteiger partial charge in [-0.05, 0) is 66.4 Å². The molecular weight excluding hydrogens is 662 g/mol. The van der Waals surface area contributed by atoms with Crippen LogP contribution in [-0.4, -0.2) is 106 Å². The van der Waals surface area contributed by atoms with E-state index in [9.17, 15) is 23.1 Å². The molecule has 270 valence electrons. The van der Waals surface area contributed by atoms with Crippen LogP contribution in [0.5, 0.6) is 5.75 Å². The summed E-state index contributed by atoms with van der Waals surface area (Å²) in [6.07, 6.45) is -1.43. The lowest BCUT2D eigenvalue weighted by Crippen LogP contribution is -2.37. The Labute approximate surface area is 285 Å². The molecule has 2 saturated heterocycles. The van der Waals surface area contributed by atoms with Crippen molar-refractivity contribution in [2.75, 3.05) is 31.6 Å². The van der Waals surface area contributed by atoms with Crippen LogP contribution >= 0.6 is 0 Å². The minimum Gasteiger partial charge on any atom is -0.507 e. The van der Waals surface area contributed by atoms with Crippen molar-refractivity contribution in [2.24, 2.45) is 0 Å². The first-order valence-corrected chi connectivity index (χ1v) is 17.3. The van der Waals surface area contributed by atoms with E-state index in [1.165, 1.54) is 56.6 Å². The van der Waals surface area contributed by atoms with E-state index in [2.05, 4.69) is 45.9 Å². The van der Waals surface area contributed by atoms with Crippen molar-refractivity contribution in [1.29, 1.82) is 0 Å². The summed E-state index contributed by atoms with van der Waals surface area (Å²) in [6, 6.07) is 5.46. The summed E-state index contributed by atoms with van der Waals surface area (Å²) in [5.41, 5.74) is -0.440. The van der Waals surface area contributed by atoms with Gasteiger partial charge in [-0.25, -0.2) is 24.5 Å². The van der Waals surface area contributed by atoms with Crippen LogP contribution in [0.1, 0.15) is 72.0 Å². The molecule has 49 heavy (non-hydrogen) atoms. The lowest BCUT2D eigenvalue weighted by atomic mass is 10.1. The number of aromatic nitrogens is 4. The number of carbonyl (C=O) groups excluding carboxylic acids is 2. The summed E-state index contributed by atoms with van der Waals surface area (Å²) in [7, 11) is -4.61. The highest BCUT2D eigenvalue weighted by Crippen LogP contribution is 2.44. The molecule has 0 saturated carbocycles. The SMILES string of the molecule is CC(C)(C)OC(=O)Nc1ncnc2c1ncn2[C@@H]1O[C@H](COS(=O)(=O)NC(=O)c2ccccc2O)[C@H]2OC(C)(C)O[C@H]21.CCN(CC)CC. The van der Waals surface area contributed by atoms with E-state index in [1.54, 1.807) is 43.9 Å². The molecule has 17 nitrogen and oxygen atoms in total. The molecular formula is C31H45N7O10S. The van der Waals surface area contributed by atoms with E-state index < -0.39 is 70.6 Å². The Hall–Kier alpha value is -3.94. The molecule has 2 aliphatic rings. The molecule has 3 aromatic rings. The fourth-order valence-electron chi connectivity index (χ4n) is 5.24. The third-order valence-corrected chi connectivity index (χ3v) is 8.35. The molecule has 5 rings (SSSR count). The Balaban J connectivity index is 0.000000698. The molecule has 3 N–H and O–H groups in total. The number of para-hydroxylation sites is 1. The minimum absolute atomic E-state index is 0.109. The minimum atomic E-state index is -4.61. The summed E-state index contributed by atoms with van der Waals surface area (Å²) in [5, 5.41) is 12.4. The van der Waals surface area contributed by atoms with Gasteiger partial charge in [0.2, 0.25) is 0 Å². The van der Waals surface area contributed by atoms with Crippen LogP contribution in [0.25, 0.3) is 11.2 Å². The molecule has 4 heterocycles. The van der Waals surface area contributed by atoms with Gasteiger partial charge in [-0.2, -0.15) is 8.42 Å². The van der Waals surface area contributed by atoms with Gasteiger partial charge in [0.05, 0.1) is 18.5 Å². The molecule has 0 radical (unpaired) electrons. The first kappa shape index (κ1) is 37.9. The average molecular weight is 708 g/mol. The summed E-state index contributed by atoms with van der Waals surface area (Å²) in [5.74, 6) is -2.40. The third-order valence-electron chi connectivity index (χ3n) is 7.47. The molecule has 0 unspecified atom stereocenters. The van der Waals surface area contributed by atoms with Gasteiger partial charge in [-0.3, -0.25) is 18.9 Å². The number of imidazole rings is 1. The zero-order valence-electron chi connectivity index (χ0n) is 28.9. The van der Waals surface area contributed by atoms with Crippen molar-refractivity contribution < 1.29 is 46.2 Å². The fraction of sp³-hybridized carbons (Fsp3) is 0.581. The number of rotatable bonds is 10. The number of phenols is 1. The van der Waals surface area contributed by atoms with Crippen LogP contribution in [0.4, 0.5) is 10.6 Å². The Morgan fingerprint density at radius 1 is 1.04 bits per heavy atom. The van der Waals surface area contributed by atoms with E-state index in [0.29, 0.717) is 0 Å². The molecule has 2 fully saturated rings. The molecule has 4 atom stereocenters. The molecule has 0 spiro atoms. The third kappa shape index (κ3) is 9.61.